The number of methoxy groups -OCH3 is 1. The largest absolute Gasteiger partial charge is 0.497 e. The molecule has 2 rings (SSSR count). The Kier molecular flexibility index (Phi) is 7.85. The zero-order valence-electron chi connectivity index (χ0n) is 19.1. The molecular formula is C22H30N4O6. The fourth-order valence-electron chi connectivity index (χ4n) is 2.85. The van der Waals surface area contributed by atoms with Crippen molar-refractivity contribution in [3.8, 4) is 5.75 Å². The number of alkyl carbamates (subject to hydrolysis) is 1. The van der Waals surface area contributed by atoms with Crippen molar-refractivity contribution in [2.24, 2.45) is 5.92 Å². The Hall–Kier alpha value is -3.56. The molecule has 174 valence electrons. The van der Waals surface area contributed by atoms with Crippen molar-refractivity contribution in [2.75, 3.05) is 12.4 Å². The maximum atomic E-state index is 12.8. The maximum absolute atomic E-state index is 12.8. The van der Waals surface area contributed by atoms with Crippen LogP contribution in [0.25, 0.3) is 0 Å². The van der Waals surface area contributed by atoms with Crippen molar-refractivity contribution < 1.29 is 29.0 Å². The van der Waals surface area contributed by atoms with Gasteiger partial charge in [-0.15, -0.1) is 0 Å². The van der Waals surface area contributed by atoms with Gasteiger partial charge in [-0.3, -0.25) is 9.48 Å². The van der Waals surface area contributed by atoms with E-state index in [1.54, 1.807) is 66.0 Å². The van der Waals surface area contributed by atoms with E-state index < -0.39 is 29.6 Å². The number of carboxylic acids is 1. The van der Waals surface area contributed by atoms with Gasteiger partial charge in [-0.05, 0) is 44.4 Å². The summed E-state index contributed by atoms with van der Waals surface area (Å²) in [5.41, 5.74) is 0.0110. The standard InChI is InChI=1S/C22H30N4O6/c1-13(2)18(24-21(30)32-22(3,4)5)19(27)23-17-11-16(20(28)29)26(25-17)12-14-7-9-15(31-6)10-8-14/h7-11,13,18H,12H2,1-6H3,(H,24,30)(H,28,29)(H,23,25,27). The number of carbonyl (C=O) groups excluding carboxylic acids is 2. The fraction of sp³-hybridized carbons (Fsp3) is 0.455. The highest BCUT2D eigenvalue weighted by atomic mass is 16.6. The number of nitrogens with one attached hydrogen (secondary N) is 2. The number of aromatic carboxylic acids is 1. The van der Waals surface area contributed by atoms with E-state index in [1.807, 2.05) is 0 Å². The number of aromatic nitrogens is 2. The molecule has 0 saturated heterocycles. The highest BCUT2D eigenvalue weighted by Gasteiger charge is 2.28. The number of benzene rings is 1. The SMILES string of the molecule is COc1ccc(Cn2nc(NC(=O)C(NC(=O)OC(C)(C)C)C(C)C)cc2C(=O)O)cc1. The Morgan fingerprint density at radius 3 is 2.28 bits per heavy atom. The van der Waals surface area contributed by atoms with Gasteiger partial charge < -0.3 is 25.2 Å². The second-order valence-electron chi connectivity index (χ2n) is 8.58. The van der Waals surface area contributed by atoms with Gasteiger partial charge in [-0.25, -0.2) is 9.59 Å². The lowest BCUT2D eigenvalue weighted by Crippen LogP contribution is -2.48. The summed E-state index contributed by atoms with van der Waals surface area (Å²) in [5, 5.41) is 18.9. The Balaban J connectivity index is 2.17. The monoisotopic (exact) mass is 446 g/mol. The predicted octanol–water partition coefficient (Wildman–Crippen LogP) is 3.13. The number of ether oxygens (including phenoxy) is 2. The van der Waals surface area contributed by atoms with Crippen LogP contribution >= 0.6 is 0 Å². The zero-order valence-corrected chi connectivity index (χ0v) is 19.1. The van der Waals surface area contributed by atoms with Crippen LogP contribution in [0.5, 0.6) is 5.75 Å². The molecule has 0 aliphatic rings. The molecule has 10 nitrogen and oxygen atoms in total. The van der Waals surface area contributed by atoms with Crippen LogP contribution < -0.4 is 15.4 Å². The van der Waals surface area contributed by atoms with Gasteiger partial charge >= 0.3 is 12.1 Å². The van der Waals surface area contributed by atoms with Crippen molar-refractivity contribution in [2.45, 2.75) is 52.8 Å². The minimum atomic E-state index is -1.18. The van der Waals surface area contributed by atoms with Gasteiger partial charge in [0.15, 0.2) is 5.82 Å². The molecule has 0 bridgehead atoms. The highest BCUT2D eigenvalue weighted by molar-refractivity contribution is 5.97. The van der Waals surface area contributed by atoms with Gasteiger partial charge in [0.05, 0.1) is 13.7 Å². The van der Waals surface area contributed by atoms with Crippen LogP contribution in [-0.2, 0) is 16.1 Å². The van der Waals surface area contributed by atoms with Crippen LogP contribution in [0.4, 0.5) is 10.6 Å². The molecule has 32 heavy (non-hydrogen) atoms. The third-order valence-electron chi connectivity index (χ3n) is 4.36. The number of rotatable bonds is 8. The average molecular weight is 447 g/mol. The smallest absolute Gasteiger partial charge is 0.408 e. The second kappa shape index (κ2) is 10.2. The first-order valence-corrected chi connectivity index (χ1v) is 10.1. The molecule has 3 N–H and O–H groups in total. The quantitative estimate of drug-likeness (QED) is 0.567. The third-order valence-corrected chi connectivity index (χ3v) is 4.36. The van der Waals surface area contributed by atoms with Gasteiger partial charge in [0.2, 0.25) is 5.91 Å². The lowest BCUT2D eigenvalue weighted by molar-refractivity contribution is -0.119. The van der Waals surface area contributed by atoms with E-state index in [2.05, 4.69) is 15.7 Å². The molecule has 1 unspecified atom stereocenters. The minimum absolute atomic E-state index is 0.0672. The van der Waals surface area contributed by atoms with E-state index in [4.69, 9.17) is 9.47 Å². The van der Waals surface area contributed by atoms with Crippen LogP contribution in [0.2, 0.25) is 0 Å². The number of hydrogen-bond donors (Lipinski definition) is 3. The van der Waals surface area contributed by atoms with E-state index >= 15 is 0 Å². The van der Waals surface area contributed by atoms with Gasteiger partial charge in [0, 0.05) is 6.07 Å². The first-order valence-electron chi connectivity index (χ1n) is 10.1. The molecule has 1 aromatic heterocycles. The van der Waals surface area contributed by atoms with Crippen LogP contribution in [-0.4, -0.2) is 51.6 Å². The van der Waals surface area contributed by atoms with Gasteiger partial charge in [-0.2, -0.15) is 5.10 Å². The van der Waals surface area contributed by atoms with Crippen molar-refractivity contribution in [1.29, 1.82) is 0 Å². The van der Waals surface area contributed by atoms with E-state index in [0.29, 0.717) is 5.75 Å². The molecule has 1 heterocycles. The summed E-state index contributed by atoms with van der Waals surface area (Å²) >= 11 is 0. The Bertz CT molecular complexity index is 960. The number of amides is 2. The molecule has 0 aliphatic carbocycles. The van der Waals surface area contributed by atoms with Crippen molar-refractivity contribution in [1.82, 2.24) is 15.1 Å². The Labute approximate surface area is 186 Å². The van der Waals surface area contributed by atoms with E-state index in [9.17, 15) is 19.5 Å². The van der Waals surface area contributed by atoms with Crippen LogP contribution in [0.3, 0.4) is 0 Å². The Morgan fingerprint density at radius 2 is 1.78 bits per heavy atom. The first kappa shape index (κ1) is 24.7. The molecule has 0 radical (unpaired) electrons. The molecule has 1 aromatic carbocycles. The summed E-state index contributed by atoms with van der Waals surface area (Å²) in [4.78, 5) is 36.6. The molecule has 0 spiro atoms. The number of carboxylic acid groups (broad SMARTS) is 1. The molecule has 2 aromatic rings. The molecular weight excluding hydrogens is 416 g/mol. The predicted molar refractivity (Wildman–Crippen MR) is 118 cm³/mol. The number of carbonyl (C=O) groups is 3. The lowest BCUT2D eigenvalue weighted by Gasteiger charge is -2.24. The molecule has 0 fully saturated rings. The van der Waals surface area contributed by atoms with Crippen molar-refractivity contribution >= 4 is 23.8 Å². The zero-order chi connectivity index (χ0) is 24.1. The van der Waals surface area contributed by atoms with Gasteiger partial charge in [-0.1, -0.05) is 26.0 Å². The maximum Gasteiger partial charge on any atom is 0.408 e. The van der Waals surface area contributed by atoms with E-state index in [0.717, 1.165) is 5.56 Å². The average Bonchev–Trinajstić information content (AvgIpc) is 3.07. The summed E-state index contributed by atoms with van der Waals surface area (Å²) < 4.78 is 11.6. The summed E-state index contributed by atoms with van der Waals surface area (Å²) in [5.74, 6) is -1.21. The summed E-state index contributed by atoms with van der Waals surface area (Å²) in [6, 6.07) is 7.49. The molecule has 0 saturated carbocycles. The van der Waals surface area contributed by atoms with Crippen LogP contribution in [0.15, 0.2) is 30.3 Å². The number of hydrogen-bond acceptors (Lipinski definition) is 6. The van der Waals surface area contributed by atoms with E-state index in [-0.39, 0.29) is 24.0 Å². The van der Waals surface area contributed by atoms with Crippen molar-refractivity contribution in [3.05, 3.63) is 41.6 Å². The topological polar surface area (TPSA) is 132 Å². The number of anilines is 1. The number of nitrogens with zero attached hydrogens (tertiary/aromatic N) is 2. The second-order valence-corrected chi connectivity index (χ2v) is 8.58. The van der Waals surface area contributed by atoms with Gasteiger partial charge in [0.1, 0.15) is 23.1 Å². The first-order chi connectivity index (χ1) is 14.9. The lowest BCUT2D eigenvalue weighted by atomic mass is 10.0. The summed E-state index contributed by atoms with van der Waals surface area (Å²) in [7, 11) is 1.56. The van der Waals surface area contributed by atoms with Crippen molar-refractivity contribution in [3.63, 3.8) is 0 Å². The fourth-order valence-corrected chi connectivity index (χ4v) is 2.85. The van der Waals surface area contributed by atoms with Crippen LogP contribution in [0.1, 0.15) is 50.7 Å². The van der Waals surface area contributed by atoms with Gasteiger partial charge in [0.25, 0.3) is 0 Å². The third kappa shape index (κ3) is 7.00. The minimum Gasteiger partial charge on any atom is -0.497 e. The molecule has 2 amide bonds. The normalized spacial score (nSPS) is 12.2. The molecule has 10 heteroatoms. The highest BCUT2D eigenvalue weighted by Crippen LogP contribution is 2.17. The van der Waals surface area contributed by atoms with Crippen LogP contribution in [0, 0.1) is 5.92 Å². The molecule has 1 atom stereocenters. The van der Waals surface area contributed by atoms with E-state index in [1.165, 1.54) is 10.7 Å². The Morgan fingerprint density at radius 1 is 1.16 bits per heavy atom. The summed E-state index contributed by atoms with van der Waals surface area (Å²) in [6.07, 6.45) is -0.720. The molecule has 0 aliphatic heterocycles. The summed E-state index contributed by atoms with van der Waals surface area (Å²) in [6.45, 7) is 8.89.